The average Bonchev–Trinajstić information content (AvgIpc) is 3.45. The maximum Gasteiger partial charge on any atom is 0.255 e. The topological polar surface area (TPSA) is 63.7 Å². The second kappa shape index (κ2) is 6.63. The highest BCUT2D eigenvalue weighted by molar-refractivity contribution is 5.93. The molecule has 1 saturated carbocycles. The molecule has 4 rings (SSSR count). The molecule has 2 aliphatic rings. The monoisotopic (exact) mass is 339 g/mol. The number of rotatable bonds is 5. The highest BCUT2D eigenvalue weighted by Crippen LogP contribution is 2.31. The first-order chi connectivity index (χ1) is 12.2. The third-order valence-electron chi connectivity index (χ3n) is 4.33. The summed E-state index contributed by atoms with van der Waals surface area (Å²) in [4.78, 5) is 18.5. The van der Waals surface area contributed by atoms with Crippen LogP contribution >= 0.6 is 0 Å². The van der Waals surface area contributed by atoms with Gasteiger partial charge in [-0.25, -0.2) is 4.98 Å². The molecule has 0 bridgehead atoms. The normalized spacial score (nSPS) is 18.5. The second-order valence-corrected chi connectivity index (χ2v) is 6.53. The molecule has 2 heterocycles. The SMILES string of the molecule is CN(CC1COc2ccccc2O1)C(=O)c1ccc(NC2CC2)nc1. The Labute approximate surface area is 146 Å². The van der Waals surface area contributed by atoms with E-state index in [0.29, 0.717) is 24.8 Å². The van der Waals surface area contributed by atoms with Gasteiger partial charge in [-0.05, 0) is 37.1 Å². The van der Waals surface area contributed by atoms with Crippen LogP contribution < -0.4 is 14.8 Å². The number of nitrogens with one attached hydrogen (secondary N) is 1. The number of fused-ring (bicyclic) bond motifs is 1. The van der Waals surface area contributed by atoms with E-state index < -0.39 is 0 Å². The highest BCUT2D eigenvalue weighted by Gasteiger charge is 2.25. The fourth-order valence-corrected chi connectivity index (χ4v) is 2.80. The molecular formula is C19H21N3O3. The minimum atomic E-state index is -0.187. The Kier molecular flexibility index (Phi) is 4.17. The molecule has 1 N–H and O–H groups in total. The van der Waals surface area contributed by atoms with Gasteiger partial charge in [-0.2, -0.15) is 0 Å². The number of hydrogen-bond donors (Lipinski definition) is 1. The zero-order valence-electron chi connectivity index (χ0n) is 14.1. The first-order valence-corrected chi connectivity index (χ1v) is 8.55. The summed E-state index contributed by atoms with van der Waals surface area (Å²) in [5.41, 5.74) is 0.570. The van der Waals surface area contributed by atoms with Crippen LogP contribution in [-0.2, 0) is 0 Å². The van der Waals surface area contributed by atoms with E-state index in [1.54, 1.807) is 18.1 Å². The van der Waals surface area contributed by atoms with Crippen LogP contribution in [-0.4, -0.2) is 48.1 Å². The van der Waals surface area contributed by atoms with Gasteiger partial charge in [0, 0.05) is 19.3 Å². The fraction of sp³-hybridized carbons (Fsp3) is 0.368. The first-order valence-electron chi connectivity index (χ1n) is 8.55. The van der Waals surface area contributed by atoms with Crippen LogP contribution in [0, 0.1) is 0 Å². The number of likely N-dealkylation sites (N-methyl/N-ethyl adjacent to an activating group) is 1. The van der Waals surface area contributed by atoms with Gasteiger partial charge < -0.3 is 19.7 Å². The van der Waals surface area contributed by atoms with Gasteiger partial charge in [-0.3, -0.25) is 4.79 Å². The van der Waals surface area contributed by atoms with Crippen LogP contribution in [0.4, 0.5) is 5.82 Å². The molecule has 1 aromatic heterocycles. The van der Waals surface area contributed by atoms with Crippen LogP contribution in [0.25, 0.3) is 0 Å². The lowest BCUT2D eigenvalue weighted by molar-refractivity contribution is 0.0520. The molecule has 6 nitrogen and oxygen atoms in total. The van der Waals surface area contributed by atoms with Gasteiger partial charge in [0.05, 0.1) is 12.1 Å². The van der Waals surface area contributed by atoms with Gasteiger partial charge in [0.25, 0.3) is 5.91 Å². The van der Waals surface area contributed by atoms with E-state index in [0.717, 1.165) is 17.3 Å². The van der Waals surface area contributed by atoms with E-state index in [-0.39, 0.29) is 12.0 Å². The molecular weight excluding hydrogens is 318 g/mol. The van der Waals surface area contributed by atoms with Crippen LogP contribution in [0.5, 0.6) is 11.5 Å². The molecule has 1 unspecified atom stereocenters. The van der Waals surface area contributed by atoms with Crippen molar-refractivity contribution >= 4 is 11.7 Å². The Bertz CT molecular complexity index is 759. The molecule has 1 aromatic carbocycles. The number of benzene rings is 1. The van der Waals surface area contributed by atoms with Gasteiger partial charge in [0.15, 0.2) is 17.6 Å². The predicted molar refractivity (Wildman–Crippen MR) is 94.2 cm³/mol. The van der Waals surface area contributed by atoms with Crippen LogP contribution in [0.2, 0.25) is 0 Å². The number of para-hydroxylation sites is 2. The van der Waals surface area contributed by atoms with Gasteiger partial charge >= 0.3 is 0 Å². The molecule has 0 saturated heterocycles. The Morgan fingerprint density at radius 2 is 2.04 bits per heavy atom. The zero-order chi connectivity index (χ0) is 17.2. The molecule has 1 aliphatic heterocycles. The number of anilines is 1. The van der Waals surface area contributed by atoms with Gasteiger partial charge in [-0.15, -0.1) is 0 Å². The summed E-state index contributed by atoms with van der Waals surface area (Å²) in [6.07, 6.45) is 3.82. The van der Waals surface area contributed by atoms with E-state index in [1.807, 2.05) is 36.4 Å². The maximum atomic E-state index is 12.6. The van der Waals surface area contributed by atoms with E-state index in [4.69, 9.17) is 9.47 Å². The van der Waals surface area contributed by atoms with Crippen LogP contribution in [0.3, 0.4) is 0 Å². The fourth-order valence-electron chi connectivity index (χ4n) is 2.80. The maximum absolute atomic E-state index is 12.6. The molecule has 6 heteroatoms. The minimum absolute atomic E-state index is 0.0760. The predicted octanol–water partition coefficient (Wildman–Crippen LogP) is 2.57. The lowest BCUT2D eigenvalue weighted by Crippen LogP contribution is -2.41. The van der Waals surface area contributed by atoms with Crippen LogP contribution in [0.1, 0.15) is 23.2 Å². The summed E-state index contributed by atoms with van der Waals surface area (Å²) in [6.45, 7) is 0.881. The quantitative estimate of drug-likeness (QED) is 0.907. The number of carbonyl (C=O) groups is 1. The molecule has 0 radical (unpaired) electrons. The highest BCUT2D eigenvalue weighted by atomic mass is 16.6. The van der Waals surface area contributed by atoms with Gasteiger partial charge in [0.1, 0.15) is 12.4 Å². The Morgan fingerprint density at radius 1 is 1.24 bits per heavy atom. The molecule has 0 spiro atoms. The summed E-state index contributed by atoms with van der Waals surface area (Å²) >= 11 is 0. The minimum Gasteiger partial charge on any atom is -0.486 e. The molecule has 130 valence electrons. The molecule has 25 heavy (non-hydrogen) atoms. The number of aromatic nitrogens is 1. The molecule has 1 amide bonds. The lowest BCUT2D eigenvalue weighted by Gasteiger charge is -2.29. The summed E-state index contributed by atoms with van der Waals surface area (Å²) in [7, 11) is 1.77. The smallest absolute Gasteiger partial charge is 0.255 e. The Hall–Kier alpha value is -2.76. The summed E-state index contributed by atoms with van der Waals surface area (Å²) in [5, 5.41) is 3.31. The van der Waals surface area contributed by atoms with Crippen molar-refractivity contribution in [1.29, 1.82) is 0 Å². The van der Waals surface area contributed by atoms with Crippen molar-refractivity contribution in [3.05, 3.63) is 48.2 Å². The van der Waals surface area contributed by atoms with E-state index in [2.05, 4.69) is 10.3 Å². The van der Waals surface area contributed by atoms with E-state index >= 15 is 0 Å². The molecule has 2 aromatic rings. The molecule has 1 atom stereocenters. The number of nitrogens with zero attached hydrogens (tertiary/aromatic N) is 2. The second-order valence-electron chi connectivity index (χ2n) is 6.53. The molecule has 1 fully saturated rings. The zero-order valence-corrected chi connectivity index (χ0v) is 14.1. The van der Waals surface area contributed by atoms with Crippen molar-refractivity contribution in [3.8, 4) is 11.5 Å². The third kappa shape index (κ3) is 3.68. The summed E-state index contributed by atoms with van der Waals surface area (Å²) in [6, 6.07) is 11.8. The number of pyridine rings is 1. The number of ether oxygens (including phenoxy) is 2. The third-order valence-corrected chi connectivity index (χ3v) is 4.33. The van der Waals surface area contributed by atoms with Crippen molar-refractivity contribution in [2.45, 2.75) is 25.0 Å². The number of hydrogen-bond acceptors (Lipinski definition) is 5. The van der Waals surface area contributed by atoms with Crippen molar-refractivity contribution in [2.75, 3.05) is 25.5 Å². The Morgan fingerprint density at radius 3 is 2.76 bits per heavy atom. The van der Waals surface area contributed by atoms with Crippen molar-refractivity contribution in [3.63, 3.8) is 0 Å². The van der Waals surface area contributed by atoms with Crippen LogP contribution in [0.15, 0.2) is 42.6 Å². The Balaban J connectivity index is 1.35. The van der Waals surface area contributed by atoms with Crippen molar-refractivity contribution in [2.24, 2.45) is 0 Å². The number of amides is 1. The molecule has 1 aliphatic carbocycles. The van der Waals surface area contributed by atoms with Gasteiger partial charge in [0.2, 0.25) is 0 Å². The van der Waals surface area contributed by atoms with E-state index in [1.165, 1.54) is 12.8 Å². The van der Waals surface area contributed by atoms with Crippen molar-refractivity contribution < 1.29 is 14.3 Å². The van der Waals surface area contributed by atoms with Gasteiger partial charge in [-0.1, -0.05) is 12.1 Å². The largest absolute Gasteiger partial charge is 0.486 e. The summed E-state index contributed by atoms with van der Waals surface area (Å²) in [5.74, 6) is 2.21. The standard InChI is InChI=1S/C19H21N3O3/c1-22(11-15-12-24-16-4-2-3-5-17(16)25-15)19(23)13-6-9-18(20-10-13)21-14-7-8-14/h2-6,9-10,14-15H,7-8,11-12H2,1H3,(H,20,21). The average molecular weight is 339 g/mol. The van der Waals surface area contributed by atoms with E-state index in [9.17, 15) is 4.79 Å². The lowest BCUT2D eigenvalue weighted by atomic mass is 10.2. The first kappa shape index (κ1) is 15.7. The van der Waals surface area contributed by atoms with Crippen molar-refractivity contribution in [1.82, 2.24) is 9.88 Å². The summed E-state index contributed by atoms with van der Waals surface area (Å²) < 4.78 is 11.6. The number of carbonyl (C=O) groups excluding carboxylic acids is 1.